The Bertz CT molecular complexity index is 393. The third kappa shape index (κ3) is 1.46. The molecule has 2 N–H and O–H groups in total. The van der Waals surface area contributed by atoms with Gasteiger partial charge in [0.25, 0.3) is 0 Å². The molecular formula is C8H9FN2O3. The molecule has 76 valence electrons. The standard InChI is InChI=1S/C8H9FN2O3/c1-4-3-5(14-2)8(11(12)13)7(10)6(4)9/h3H,10H2,1-2H3. The fraction of sp³-hybridized carbons (Fsp3) is 0.250. The summed E-state index contributed by atoms with van der Waals surface area (Å²) < 4.78 is 17.9. The first-order valence-electron chi connectivity index (χ1n) is 3.76. The molecule has 0 bridgehead atoms. The molecular weight excluding hydrogens is 191 g/mol. The topological polar surface area (TPSA) is 78.4 Å². The second-order valence-electron chi connectivity index (χ2n) is 2.73. The maximum absolute atomic E-state index is 13.2. The summed E-state index contributed by atoms with van der Waals surface area (Å²) in [5.74, 6) is -0.816. The molecule has 1 aromatic rings. The van der Waals surface area contributed by atoms with E-state index in [4.69, 9.17) is 10.5 Å². The molecule has 1 rings (SSSR count). The van der Waals surface area contributed by atoms with Crippen molar-refractivity contribution in [3.05, 3.63) is 27.6 Å². The minimum atomic E-state index is -0.780. The summed E-state index contributed by atoms with van der Waals surface area (Å²) in [5, 5.41) is 10.5. The van der Waals surface area contributed by atoms with Gasteiger partial charge in [0, 0.05) is 0 Å². The first-order valence-corrected chi connectivity index (χ1v) is 3.76. The van der Waals surface area contributed by atoms with Crippen LogP contribution in [-0.2, 0) is 0 Å². The predicted octanol–water partition coefficient (Wildman–Crippen LogP) is 1.63. The summed E-state index contributed by atoms with van der Waals surface area (Å²) in [4.78, 5) is 9.78. The maximum Gasteiger partial charge on any atom is 0.336 e. The molecule has 0 aliphatic rings. The van der Waals surface area contributed by atoms with E-state index in [1.54, 1.807) is 0 Å². The number of nitro groups is 1. The van der Waals surface area contributed by atoms with Crippen molar-refractivity contribution < 1.29 is 14.1 Å². The van der Waals surface area contributed by atoms with Gasteiger partial charge in [-0.1, -0.05) is 0 Å². The van der Waals surface area contributed by atoms with Crippen molar-refractivity contribution in [1.82, 2.24) is 0 Å². The van der Waals surface area contributed by atoms with E-state index in [-0.39, 0.29) is 11.3 Å². The van der Waals surface area contributed by atoms with Crippen LogP contribution in [0, 0.1) is 22.9 Å². The number of nitrogen functional groups attached to an aromatic ring is 1. The molecule has 0 aromatic heterocycles. The molecule has 0 unspecified atom stereocenters. The monoisotopic (exact) mass is 200 g/mol. The number of rotatable bonds is 2. The Morgan fingerprint density at radius 1 is 1.64 bits per heavy atom. The smallest absolute Gasteiger partial charge is 0.336 e. The summed E-state index contributed by atoms with van der Waals surface area (Å²) in [5.41, 5.74) is 4.45. The van der Waals surface area contributed by atoms with Crippen molar-refractivity contribution >= 4 is 11.4 Å². The Kier molecular flexibility index (Phi) is 2.55. The Balaban J connectivity index is 3.53. The molecule has 0 fully saturated rings. The van der Waals surface area contributed by atoms with Gasteiger partial charge in [0.1, 0.15) is 0 Å². The van der Waals surface area contributed by atoms with Crippen molar-refractivity contribution in [1.29, 1.82) is 0 Å². The van der Waals surface area contributed by atoms with E-state index in [2.05, 4.69) is 0 Å². The van der Waals surface area contributed by atoms with Gasteiger partial charge in [0.05, 0.1) is 12.0 Å². The zero-order valence-corrected chi connectivity index (χ0v) is 7.70. The van der Waals surface area contributed by atoms with Crippen LogP contribution in [0.4, 0.5) is 15.8 Å². The lowest BCUT2D eigenvalue weighted by Gasteiger charge is -2.06. The maximum atomic E-state index is 13.2. The molecule has 14 heavy (non-hydrogen) atoms. The van der Waals surface area contributed by atoms with Crippen LogP contribution in [0.25, 0.3) is 0 Å². The van der Waals surface area contributed by atoms with Gasteiger partial charge in [-0.2, -0.15) is 0 Å². The fourth-order valence-electron chi connectivity index (χ4n) is 1.12. The number of hydrogen-bond donors (Lipinski definition) is 1. The average molecular weight is 200 g/mol. The number of nitrogens with zero attached hydrogens (tertiary/aromatic N) is 1. The molecule has 6 heteroatoms. The van der Waals surface area contributed by atoms with Gasteiger partial charge in [-0.3, -0.25) is 10.1 Å². The summed E-state index contributed by atoms with van der Waals surface area (Å²) in [6, 6.07) is 1.24. The van der Waals surface area contributed by atoms with Crippen LogP contribution in [0.1, 0.15) is 5.56 Å². The van der Waals surface area contributed by atoms with Gasteiger partial charge >= 0.3 is 5.69 Å². The highest BCUT2D eigenvalue weighted by molar-refractivity contribution is 5.68. The van der Waals surface area contributed by atoms with E-state index in [0.717, 1.165) is 0 Å². The number of hydrogen-bond acceptors (Lipinski definition) is 4. The van der Waals surface area contributed by atoms with Crippen molar-refractivity contribution in [3.63, 3.8) is 0 Å². The van der Waals surface area contributed by atoms with Gasteiger partial charge in [0.2, 0.25) is 0 Å². The minimum Gasteiger partial charge on any atom is -0.490 e. The van der Waals surface area contributed by atoms with E-state index >= 15 is 0 Å². The normalized spacial score (nSPS) is 9.93. The Labute approximate surface area is 79.4 Å². The second kappa shape index (κ2) is 3.49. The van der Waals surface area contributed by atoms with E-state index in [1.165, 1.54) is 20.1 Å². The first kappa shape index (κ1) is 10.2. The first-order chi connectivity index (χ1) is 6.49. The van der Waals surface area contributed by atoms with Crippen LogP contribution in [0.2, 0.25) is 0 Å². The SMILES string of the molecule is COc1cc(C)c(F)c(N)c1[N+](=O)[O-]. The van der Waals surface area contributed by atoms with Crippen molar-refractivity contribution in [2.24, 2.45) is 0 Å². The lowest BCUT2D eigenvalue weighted by atomic mass is 10.1. The van der Waals surface area contributed by atoms with Gasteiger partial charge in [-0.25, -0.2) is 4.39 Å². The molecule has 0 radical (unpaired) electrons. The molecule has 0 amide bonds. The average Bonchev–Trinajstić information content (AvgIpc) is 2.12. The number of benzene rings is 1. The highest BCUT2D eigenvalue weighted by Gasteiger charge is 2.24. The lowest BCUT2D eigenvalue weighted by Crippen LogP contribution is -2.03. The third-order valence-corrected chi connectivity index (χ3v) is 1.82. The van der Waals surface area contributed by atoms with Crippen LogP contribution >= 0.6 is 0 Å². The number of methoxy groups -OCH3 is 1. The number of nitro benzene ring substituents is 1. The molecule has 0 aliphatic heterocycles. The molecule has 1 aromatic carbocycles. The van der Waals surface area contributed by atoms with Crippen LogP contribution in [-0.4, -0.2) is 12.0 Å². The fourth-order valence-corrected chi connectivity index (χ4v) is 1.12. The van der Waals surface area contributed by atoms with Crippen molar-refractivity contribution in [2.75, 3.05) is 12.8 Å². The Morgan fingerprint density at radius 2 is 2.21 bits per heavy atom. The number of ether oxygens (including phenoxy) is 1. The van der Waals surface area contributed by atoms with E-state index in [0.29, 0.717) is 0 Å². The third-order valence-electron chi connectivity index (χ3n) is 1.82. The summed E-state index contributed by atoms with van der Waals surface area (Å²) in [6.45, 7) is 1.46. The zero-order valence-electron chi connectivity index (χ0n) is 7.70. The summed E-state index contributed by atoms with van der Waals surface area (Å²) in [6.07, 6.45) is 0. The van der Waals surface area contributed by atoms with Crippen LogP contribution in [0.15, 0.2) is 6.07 Å². The second-order valence-corrected chi connectivity index (χ2v) is 2.73. The van der Waals surface area contributed by atoms with Crippen LogP contribution in [0.5, 0.6) is 5.75 Å². The number of nitrogens with two attached hydrogens (primary N) is 1. The highest BCUT2D eigenvalue weighted by Crippen LogP contribution is 2.36. The summed E-state index contributed by atoms with van der Waals surface area (Å²) >= 11 is 0. The summed E-state index contributed by atoms with van der Waals surface area (Å²) in [7, 11) is 1.26. The van der Waals surface area contributed by atoms with Gasteiger partial charge in [-0.15, -0.1) is 0 Å². The highest BCUT2D eigenvalue weighted by atomic mass is 19.1. The zero-order chi connectivity index (χ0) is 10.9. The van der Waals surface area contributed by atoms with Gasteiger partial charge in [0.15, 0.2) is 17.3 Å². The van der Waals surface area contributed by atoms with Gasteiger partial charge < -0.3 is 10.5 Å². The molecule has 0 atom stereocenters. The van der Waals surface area contributed by atoms with Crippen molar-refractivity contribution in [2.45, 2.75) is 6.92 Å². The van der Waals surface area contributed by atoms with Crippen LogP contribution in [0.3, 0.4) is 0 Å². The van der Waals surface area contributed by atoms with Gasteiger partial charge in [-0.05, 0) is 18.6 Å². The Morgan fingerprint density at radius 3 is 2.64 bits per heavy atom. The number of halogens is 1. The molecule has 5 nitrogen and oxygen atoms in total. The van der Waals surface area contributed by atoms with E-state index in [9.17, 15) is 14.5 Å². The number of anilines is 1. The van der Waals surface area contributed by atoms with Crippen LogP contribution < -0.4 is 10.5 Å². The molecule has 0 saturated heterocycles. The molecule has 0 spiro atoms. The Hall–Kier alpha value is -1.85. The quantitative estimate of drug-likeness (QED) is 0.447. The number of aryl methyl sites for hydroxylation is 1. The molecule has 0 heterocycles. The molecule has 0 saturated carbocycles. The lowest BCUT2D eigenvalue weighted by molar-refractivity contribution is -0.384. The molecule has 0 aliphatic carbocycles. The largest absolute Gasteiger partial charge is 0.490 e. The van der Waals surface area contributed by atoms with Crippen molar-refractivity contribution in [3.8, 4) is 5.75 Å². The minimum absolute atomic E-state index is 0.0357. The van der Waals surface area contributed by atoms with E-state index < -0.39 is 22.1 Å². The van der Waals surface area contributed by atoms with E-state index in [1.807, 2.05) is 0 Å². The predicted molar refractivity (Wildman–Crippen MR) is 48.8 cm³/mol.